The number of carbonyl (C=O) groups excluding carboxylic acids is 2. The van der Waals surface area contributed by atoms with Crippen LogP contribution in [-0.2, 0) is 27.3 Å². The maximum Gasteiger partial charge on any atom is 0.349 e. The van der Waals surface area contributed by atoms with Gasteiger partial charge in [0.1, 0.15) is 5.75 Å². The van der Waals surface area contributed by atoms with E-state index in [1.807, 2.05) is 48.5 Å². The Kier molecular flexibility index (Phi) is 11.9. The average molecular weight is 549 g/mol. The van der Waals surface area contributed by atoms with Gasteiger partial charge in [0.2, 0.25) is 17.9 Å². The van der Waals surface area contributed by atoms with Crippen molar-refractivity contribution in [2.45, 2.75) is 50.5 Å². The number of ether oxygens (including phenoxy) is 1. The van der Waals surface area contributed by atoms with Crippen LogP contribution in [0, 0.1) is 0 Å². The fourth-order valence-electron chi connectivity index (χ4n) is 4.09. The molecule has 2 N–H and O–H groups in total. The molecule has 7 nitrogen and oxygen atoms in total. The molecule has 0 heterocycles. The number of unbranched alkanes of at least 4 members (excludes halogenated alkanes) is 2. The molecule has 0 saturated carbocycles. The molecule has 0 aromatic heterocycles. The topological polar surface area (TPSA) is 95.9 Å². The number of nitrogens with one attached hydrogen (secondary N) is 1. The Balaban J connectivity index is 1.59. The number of carboxylic acids is 1. The number of carboxylic acid groups (broad SMARTS) is 1. The van der Waals surface area contributed by atoms with Gasteiger partial charge in [-0.15, -0.1) is 0 Å². The molecule has 0 aliphatic carbocycles. The highest BCUT2D eigenvalue weighted by molar-refractivity contribution is 7.81. The number of amides is 2. The number of nitrogens with zero attached hydrogens (tertiary/aromatic N) is 1. The quantitative estimate of drug-likeness (QED) is 0.182. The second kappa shape index (κ2) is 15.6. The Labute approximate surface area is 235 Å². The average Bonchev–Trinajstić information content (AvgIpc) is 2.95. The zero-order chi connectivity index (χ0) is 28.0. The highest BCUT2D eigenvalue weighted by Crippen LogP contribution is 2.23. The van der Waals surface area contributed by atoms with Gasteiger partial charge in [-0.3, -0.25) is 9.59 Å². The summed E-state index contributed by atoms with van der Waals surface area (Å²) in [5.74, 6) is -1.11. The summed E-state index contributed by atoms with van der Waals surface area (Å²) in [5, 5.41) is 11.8. The molecule has 206 valence electrons. The van der Waals surface area contributed by atoms with Crippen LogP contribution >= 0.6 is 12.6 Å². The van der Waals surface area contributed by atoms with Crippen molar-refractivity contribution in [1.82, 2.24) is 10.2 Å². The van der Waals surface area contributed by atoms with Gasteiger partial charge in [0.15, 0.2) is 0 Å². The van der Waals surface area contributed by atoms with Crippen LogP contribution < -0.4 is 10.1 Å². The third kappa shape index (κ3) is 9.80. The molecule has 39 heavy (non-hydrogen) atoms. The molecule has 0 fully saturated rings. The van der Waals surface area contributed by atoms with Crippen molar-refractivity contribution < 1.29 is 24.2 Å². The van der Waals surface area contributed by atoms with Gasteiger partial charge in [0.05, 0.1) is 11.8 Å². The highest BCUT2D eigenvalue weighted by atomic mass is 32.1. The molecule has 0 spiro atoms. The normalized spacial score (nSPS) is 12.3. The lowest BCUT2D eigenvalue weighted by atomic mass is 10.1. The molecule has 0 aliphatic heterocycles. The molecule has 3 aromatic carbocycles. The molecule has 0 radical (unpaired) electrons. The van der Waals surface area contributed by atoms with E-state index >= 15 is 0 Å². The summed E-state index contributed by atoms with van der Waals surface area (Å²) >= 11 is 4.42. The first-order valence-corrected chi connectivity index (χ1v) is 13.7. The number of hydrogen-bond donors (Lipinski definition) is 3. The molecular formula is C31H36N2O5S. The molecule has 2 unspecified atom stereocenters. The Morgan fingerprint density at radius 1 is 0.897 bits per heavy atom. The summed E-state index contributed by atoms with van der Waals surface area (Å²) in [7, 11) is 0. The van der Waals surface area contributed by atoms with Gasteiger partial charge < -0.3 is 20.1 Å². The predicted octanol–water partition coefficient (Wildman–Crippen LogP) is 5.07. The minimum atomic E-state index is -1.12. The number of rotatable bonds is 15. The Bertz CT molecular complexity index is 1190. The minimum absolute atomic E-state index is 0.102. The smallest absolute Gasteiger partial charge is 0.349 e. The van der Waals surface area contributed by atoms with Gasteiger partial charge in [-0.2, -0.15) is 12.6 Å². The number of carbonyl (C=O) groups is 3. The van der Waals surface area contributed by atoms with Crippen LogP contribution in [0.4, 0.5) is 0 Å². The SMILES string of the molecule is CCCCCN(Cc1ccc(OC(C(=O)O)c2ccccc2)cc1)C(=O)CNC(=O)C(S)Cc1ccccc1. The highest BCUT2D eigenvalue weighted by Gasteiger charge is 2.22. The van der Waals surface area contributed by atoms with Crippen molar-refractivity contribution in [2.75, 3.05) is 13.1 Å². The predicted molar refractivity (Wildman–Crippen MR) is 155 cm³/mol. The van der Waals surface area contributed by atoms with Crippen LogP contribution in [0.2, 0.25) is 0 Å². The van der Waals surface area contributed by atoms with Crippen LogP contribution in [0.1, 0.15) is 49.0 Å². The maximum absolute atomic E-state index is 13.1. The van der Waals surface area contributed by atoms with Gasteiger partial charge in [-0.1, -0.05) is 92.6 Å². The molecule has 8 heteroatoms. The van der Waals surface area contributed by atoms with Crippen molar-refractivity contribution in [3.05, 3.63) is 102 Å². The number of aliphatic carboxylic acids is 1. The number of benzene rings is 3. The fourth-order valence-corrected chi connectivity index (χ4v) is 4.39. The molecule has 0 aliphatic rings. The molecule has 2 atom stereocenters. The first-order chi connectivity index (χ1) is 18.9. The first kappa shape index (κ1) is 29.8. The third-order valence-electron chi connectivity index (χ3n) is 6.25. The fraction of sp³-hybridized carbons (Fsp3) is 0.323. The lowest BCUT2D eigenvalue weighted by Gasteiger charge is -2.24. The summed E-state index contributed by atoms with van der Waals surface area (Å²) in [6, 6.07) is 25.5. The second-order valence-electron chi connectivity index (χ2n) is 9.34. The molecule has 0 bridgehead atoms. The number of thiol groups is 1. The third-order valence-corrected chi connectivity index (χ3v) is 6.67. The van der Waals surface area contributed by atoms with Crippen LogP contribution in [-0.4, -0.2) is 46.1 Å². The van der Waals surface area contributed by atoms with E-state index in [0.29, 0.717) is 30.8 Å². The van der Waals surface area contributed by atoms with Crippen molar-refractivity contribution in [3.8, 4) is 5.75 Å². The molecule has 2 amide bonds. The Morgan fingerprint density at radius 3 is 2.15 bits per heavy atom. The van der Waals surface area contributed by atoms with E-state index in [9.17, 15) is 19.5 Å². The lowest BCUT2D eigenvalue weighted by molar-refractivity contribution is -0.145. The van der Waals surface area contributed by atoms with E-state index in [1.54, 1.807) is 41.3 Å². The van der Waals surface area contributed by atoms with Gasteiger partial charge in [0, 0.05) is 18.7 Å². The van der Waals surface area contributed by atoms with Gasteiger partial charge in [0.25, 0.3) is 0 Å². The van der Waals surface area contributed by atoms with E-state index < -0.39 is 17.3 Å². The maximum atomic E-state index is 13.1. The molecule has 3 aromatic rings. The van der Waals surface area contributed by atoms with Crippen molar-refractivity contribution >= 4 is 30.4 Å². The van der Waals surface area contributed by atoms with E-state index in [2.05, 4.69) is 24.9 Å². The Hall–Kier alpha value is -3.78. The molecular weight excluding hydrogens is 512 g/mol. The van der Waals surface area contributed by atoms with Crippen LogP contribution in [0.3, 0.4) is 0 Å². The van der Waals surface area contributed by atoms with E-state index in [0.717, 1.165) is 30.4 Å². The summed E-state index contributed by atoms with van der Waals surface area (Å²) in [4.78, 5) is 39.1. The summed E-state index contributed by atoms with van der Waals surface area (Å²) in [5.41, 5.74) is 2.43. The Morgan fingerprint density at radius 2 is 1.54 bits per heavy atom. The molecule has 3 rings (SSSR count). The number of hydrogen-bond acceptors (Lipinski definition) is 5. The van der Waals surface area contributed by atoms with Gasteiger partial charge >= 0.3 is 5.97 Å². The second-order valence-corrected chi connectivity index (χ2v) is 9.96. The largest absolute Gasteiger partial charge is 0.478 e. The zero-order valence-electron chi connectivity index (χ0n) is 22.2. The first-order valence-electron chi connectivity index (χ1n) is 13.2. The van der Waals surface area contributed by atoms with Gasteiger partial charge in [-0.05, 0) is 36.1 Å². The van der Waals surface area contributed by atoms with E-state index in [-0.39, 0.29) is 18.4 Å². The monoisotopic (exact) mass is 548 g/mol. The van der Waals surface area contributed by atoms with E-state index in [4.69, 9.17) is 4.74 Å². The van der Waals surface area contributed by atoms with Crippen LogP contribution in [0.5, 0.6) is 5.75 Å². The van der Waals surface area contributed by atoms with Crippen molar-refractivity contribution in [1.29, 1.82) is 0 Å². The van der Waals surface area contributed by atoms with Crippen molar-refractivity contribution in [3.63, 3.8) is 0 Å². The van der Waals surface area contributed by atoms with Crippen LogP contribution in [0.25, 0.3) is 0 Å². The van der Waals surface area contributed by atoms with E-state index in [1.165, 1.54) is 0 Å². The summed E-state index contributed by atoms with van der Waals surface area (Å²) < 4.78 is 5.74. The standard InChI is InChI=1S/C31H36N2O5S/c1-2-3-10-19-33(28(34)21-32-30(35)27(39)20-23-11-6-4-7-12-23)22-24-15-17-26(18-16-24)38-29(31(36)37)25-13-8-5-9-14-25/h4-9,11-18,27,29,39H,2-3,10,19-22H2,1H3,(H,32,35)(H,36,37). The summed E-state index contributed by atoms with van der Waals surface area (Å²) in [6.07, 6.45) is 2.24. The lowest BCUT2D eigenvalue weighted by Crippen LogP contribution is -2.42. The zero-order valence-corrected chi connectivity index (χ0v) is 23.1. The van der Waals surface area contributed by atoms with Crippen LogP contribution in [0.15, 0.2) is 84.9 Å². The molecule has 0 saturated heterocycles. The minimum Gasteiger partial charge on any atom is -0.478 e. The van der Waals surface area contributed by atoms with Gasteiger partial charge in [-0.25, -0.2) is 4.79 Å². The van der Waals surface area contributed by atoms with Crippen molar-refractivity contribution in [2.24, 2.45) is 0 Å². The summed E-state index contributed by atoms with van der Waals surface area (Å²) in [6.45, 7) is 2.94.